The summed E-state index contributed by atoms with van der Waals surface area (Å²) in [5, 5.41) is 0. The smallest absolute Gasteiger partial charge is 0.300 e. The highest BCUT2D eigenvalue weighted by Crippen LogP contribution is 2.22. The van der Waals surface area contributed by atoms with Gasteiger partial charge in [0.05, 0.1) is 0 Å². The molecular weight excluding hydrogens is 318 g/mol. The van der Waals surface area contributed by atoms with Crippen LogP contribution in [0.4, 0.5) is 6.01 Å². The molecule has 4 heterocycles. The molecule has 0 spiro atoms. The molecule has 1 amide bonds. The van der Waals surface area contributed by atoms with Gasteiger partial charge in [0.25, 0.3) is 11.9 Å². The molecule has 7 heteroatoms. The Morgan fingerprint density at radius 1 is 1.12 bits per heavy atom. The van der Waals surface area contributed by atoms with E-state index >= 15 is 0 Å². The van der Waals surface area contributed by atoms with Gasteiger partial charge in [-0.2, -0.15) is 4.98 Å². The zero-order valence-electron chi connectivity index (χ0n) is 14.5. The molecule has 1 fully saturated rings. The van der Waals surface area contributed by atoms with Gasteiger partial charge in [-0.15, -0.1) is 0 Å². The van der Waals surface area contributed by atoms with E-state index in [1.54, 1.807) is 0 Å². The number of amides is 1. The molecular formula is C18H21N5O2. The number of carbonyl (C=O) groups is 1. The molecule has 0 atom stereocenters. The molecule has 130 valence electrons. The number of hydrogen-bond donors (Lipinski definition) is 0. The van der Waals surface area contributed by atoms with Crippen LogP contribution in [0.5, 0.6) is 0 Å². The van der Waals surface area contributed by atoms with Gasteiger partial charge in [0.1, 0.15) is 5.69 Å². The van der Waals surface area contributed by atoms with E-state index < -0.39 is 0 Å². The third-order valence-corrected chi connectivity index (χ3v) is 4.60. The SMILES string of the molecule is Cc1ccc2oc(N3CCCN(C(=O)c4cccn4C)CC3)nc2n1. The number of pyridine rings is 1. The first kappa shape index (κ1) is 15.7. The molecule has 0 radical (unpaired) electrons. The van der Waals surface area contributed by atoms with Crippen molar-refractivity contribution < 1.29 is 9.21 Å². The zero-order valence-corrected chi connectivity index (χ0v) is 14.5. The first-order valence-corrected chi connectivity index (χ1v) is 8.51. The van der Waals surface area contributed by atoms with Crippen LogP contribution in [0.1, 0.15) is 22.6 Å². The number of rotatable bonds is 2. The van der Waals surface area contributed by atoms with Crippen LogP contribution in [0.15, 0.2) is 34.9 Å². The summed E-state index contributed by atoms with van der Waals surface area (Å²) < 4.78 is 7.71. The molecule has 0 unspecified atom stereocenters. The van der Waals surface area contributed by atoms with Crippen LogP contribution in [-0.2, 0) is 7.05 Å². The van der Waals surface area contributed by atoms with E-state index in [4.69, 9.17) is 4.42 Å². The van der Waals surface area contributed by atoms with Crippen molar-refractivity contribution in [1.82, 2.24) is 19.4 Å². The van der Waals surface area contributed by atoms with Crippen LogP contribution in [0.3, 0.4) is 0 Å². The summed E-state index contributed by atoms with van der Waals surface area (Å²) in [5.41, 5.74) is 2.97. The fraction of sp³-hybridized carbons (Fsp3) is 0.389. The molecule has 1 saturated heterocycles. The molecule has 3 aromatic rings. The second-order valence-electron chi connectivity index (χ2n) is 6.41. The Balaban J connectivity index is 1.50. The lowest BCUT2D eigenvalue weighted by atomic mass is 10.3. The number of hydrogen-bond acceptors (Lipinski definition) is 5. The third kappa shape index (κ3) is 2.97. The Bertz CT molecular complexity index is 913. The molecule has 7 nitrogen and oxygen atoms in total. The summed E-state index contributed by atoms with van der Waals surface area (Å²) in [6.45, 7) is 4.82. The number of nitrogens with zero attached hydrogens (tertiary/aromatic N) is 5. The average molecular weight is 339 g/mol. The summed E-state index contributed by atoms with van der Waals surface area (Å²) in [6.07, 6.45) is 2.77. The van der Waals surface area contributed by atoms with Crippen molar-refractivity contribution in [1.29, 1.82) is 0 Å². The molecule has 1 aliphatic heterocycles. The van der Waals surface area contributed by atoms with Crippen LogP contribution < -0.4 is 4.90 Å². The lowest BCUT2D eigenvalue weighted by Gasteiger charge is -2.21. The van der Waals surface area contributed by atoms with Crippen molar-refractivity contribution in [3.63, 3.8) is 0 Å². The largest absolute Gasteiger partial charge is 0.422 e. The van der Waals surface area contributed by atoms with Crippen LogP contribution >= 0.6 is 0 Å². The zero-order chi connectivity index (χ0) is 17.4. The van der Waals surface area contributed by atoms with E-state index in [1.165, 1.54) is 0 Å². The highest BCUT2D eigenvalue weighted by atomic mass is 16.4. The topological polar surface area (TPSA) is 67.4 Å². The first-order chi connectivity index (χ1) is 12.1. The Kier molecular flexibility index (Phi) is 3.91. The molecule has 0 aromatic carbocycles. The van der Waals surface area contributed by atoms with E-state index in [0.29, 0.717) is 30.3 Å². The first-order valence-electron chi connectivity index (χ1n) is 8.51. The molecule has 0 saturated carbocycles. The van der Waals surface area contributed by atoms with Gasteiger partial charge in [-0.05, 0) is 37.6 Å². The Labute approximate surface area is 145 Å². The number of aryl methyl sites for hydroxylation is 2. The number of anilines is 1. The van der Waals surface area contributed by atoms with Crippen molar-refractivity contribution in [3.8, 4) is 0 Å². The molecule has 0 N–H and O–H groups in total. The lowest BCUT2D eigenvalue weighted by molar-refractivity contribution is 0.0757. The van der Waals surface area contributed by atoms with E-state index in [9.17, 15) is 4.79 Å². The molecule has 3 aromatic heterocycles. The van der Waals surface area contributed by atoms with Gasteiger partial charge in [0.2, 0.25) is 5.65 Å². The van der Waals surface area contributed by atoms with Crippen molar-refractivity contribution in [2.75, 3.05) is 31.1 Å². The van der Waals surface area contributed by atoms with Crippen molar-refractivity contribution >= 4 is 23.2 Å². The predicted octanol–water partition coefficient (Wildman–Crippen LogP) is 2.22. The number of fused-ring (bicyclic) bond motifs is 1. The van der Waals surface area contributed by atoms with Crippen molar-refractivity contribution in [2.45, 2.75) is 13.3 Å². The Morgan fingerprint density at radius 3 is 2.80 bits per heavy atom. The summed E-state index contributed by atoms with van der Waals surface area (Å²) in [5.74, 6) is 0.0733. The van der Waals surface area contributed by atoms with E-state index in [0.717, 1.165) is 30.9 Å². The van der Waals surface area contributed by atoms with Gasteiger partial charge in [0, 0.05) is 45.1 Å². The minimum atomic E-state index is 0.0733. The molecule has 0 aliphatic carbocycles. The summed E-state index contributed by atoms with van der Waals surface area (Å²) >= 11 is 0. The number of carbonyl (C=O) groups excluding carboxylic acids is 1. The molecule has 25 heavy (non-hydrogen) atoms. The highest BCUT2D eigenvalue weighted by molar-refractivity contribution is 5.92. The maximum atomic E-state index is 12.7. The van der Waals surface area contributed by atoms with E-state index in [2.05, 4.69) is 14.9 Å². The number of aromatic nitrogens is 3. The fourth-order valence-electron chi connectivity index (χ4n) is 3.19. The van der Waals surface area contributed by atoms with Crippen molar-refractivity contribution in [2.24, 2.45) is 7.05 Å². The van der Waals surface area contributed by atoms with E-state index in [1.807, 2.05) is 53.9 Å². The maximum Gasteiger partial charge on any atom is 0.300 e. The van der Waals surface area contributed by atoms with Gasteiger partial charge in [-0.25, -0.2) is 4.98 Å². The van der Waals surface area contributed by atoms with Crippen LogP contribution in [-0.4, -0.2) is 51.5 Å². The monoisotopic (exact) mass is 339 g/mol. The van der Waals surface area contributed by atoms with E-state index in [-0.39, 0.29) is 5.91 Å². The second-order valence-corrected chi connectivity index (χ2v) is 6.41. The lowest BCUT2D eigenvalue weighted by Crippen LogP contribution is -2.36. The molecule has 1 aliphatic rings. The van der Waals surface area contributed by atoms with Crippen LogP contribution in [0, 0.1) is 6.92 Å². The Morgan fingerprint density at radius 2 is 2.00 bits per heavy atom. The molecule has 0 bridgehead atoms. The minimum Gasteiger partial charge on any atom is -0.422 e. The summed E-state index contributed by atoms with van der Waals surface area (Å²) in [6, 6.07) is 8.16. The fourth-order valence-corrected chi connectivity index (χ4v) is 3.19. The standard InChI is InChI=1S/C18H21N5O2/c1-13-6-7-15-16(19-13)20-18(25-15)23-10-4-9-22(11-12-23)17(24)14-5-3-8-21(14)2/h3,5-8H,4,9-12H2,1-2H3. The Hall–Kier alpha value is -2.83. The number of oxazole rings is 1. The van der Waals surface area contributed by atoms with Gasteiger partial charge in [0.15, 0.2) is 5.58 Å². The average Bonchev–Trinajstić information content (AvgIpc) is 3.12. The molecule has 4 rings (SSSR count). The second kappa shape index (κ2) is 6.23. The highest BCUT2D eigenvalue weighted by Gasteiger charge is 2.24. The van der Waals surface area contributed by atoms with Gasteiger partial charge in [-0.1, -0.05) is 0 Å². The van der Waals surface area contributed by atoms with Crippen LogP contribution in [0.25, 0.3) is 11.2 Å². The maximum absolute atomic E-state index is 12.7. The summed E-state index contributed by atoms with van der Waals surface area (Å²) in [4.78, 5) is 25.6. The van der Waals surface area contributed by atoms with Gasteiger partial charge >= 0.3 is 0 Å². The van der Waals surface area contributed by atoms with Crippen LogP contribution in [0.2, 0.25) is 0 Å². The van der Waals surface area contributed by atoms with Crippen molar-refractivity contribution in [3.05, 3.63) is 41.9 Å². The quantitative estimate of drug-likeness (QED) is 0.716. The minimum absolute atomic E-state index is 0.0733. The van der Waals surface area contributed by atoms with Gasteiger partial charge in [-0.3, -0.25) is 4.79 Å². The summed E-state index contributed by atoms with van der Waals surface area (Å²) in [7, 11) is 1.89. The van der Waals surface area contributed by atoms with Gasteiger partial charge < -0.3 is 18.8 Å². The third-order valence-electron chi connectivity index (χ3n) is 4.60. The normalized spacial score (nSPS) is 15.6. The predicted molar refractivity (Wildman–Crippen MR) is 94.7 cm³/mol.